The molecular weight excluding hydrogens is 446 g/mol. The largest absolute Gasteiger partial charge is 0.361 e. The summed E-state index contributed by atoms with van der Waals surface area (Å²) in [4.78, 5) is 0. The van der Waals surface area contributed by atoms with E-state index < -0.39 is 0 Å². The van der Waals surface area contributed by atoms with Crippen molar-refractivity contribution in [3.05, 3.63) is 150 Å². The van der Waals surface area contributed by atoms with Gasteiger partial charge >= 0.3 is 0 Å². The summed E-state index contributed by atoms with van der Waals surface area (Å²) in [5, 5.41) is 6.00. The average molecular weight is 476 g/mol. The van der Waals surface area contributed by atoms with Gasteiger partial charge in [-0.25, -0.2) is 0 Å². The topological polar surface area (TPSA) is 12.0 Å². The van der Waals surface area contributed by atoms with Crippen LogP contribution in [0.2, 0.25) is 0 Å². The molecule has 0 bridgehead atoms. The lowest BCUT2D eigenvalue weighted by Gasteiger charge is -2.18. The van der Waals surface area contributed by atoms with Crippen LogP contribution in [0.5, 0.6) is 0 Å². The molecule has 0 heterocycles. The van der Waals surface area contributed by atoms with Crippen LogP contribution in [-0.2, 0) is 0 Å². The number of fused-ring (bicyclic) bond motifs is 2. The van der Waals surface area contributed by atoms with E-state index in [1.165, 1.54) is 55.3 Å². The zero-order chi connectivity index (χ0) is 25.2. The molecule has 0 spiro atoms. The molecule has 0 saturated heterocycles. The number of para-hydroxylation sites is 1. The van der Waals surface area contributed by atoms with Crippen LogP contribution in [0.3, 0.4) is 0 Å². The van der Waals surface area contributed by atoms with Gasteiger partial charge in [0.2, 0.25) is 0 Å². The van der Waals surface area contributed by atoms with E-state index in [-0.39, 0.29) is 0 Å². The lowest BCUT2D eigenvalue weighted by atomic mass is 9.85. The number of hydrogen-bond donors (Lipinski definition) is 1. The van der Waals surface area contributed by atoms with E-state index in [1.54, 1.807) is 0 Å². The highest BCUT2D eigenvalue weighted by Gasteiger charge is 2.16. The summed E-state index contributed by atoms with van der Waals surface area (Å²) in [7, 11) is 0. The second kappa shape index (κ2) is 9.79. The molecule has 1 aliphatic rings. The van der Waals surface area contributed by atoms with Gasteiger partial charge < -0.3 is 5.32 Å². The minimum absolute atomic E-state index is 1.08. The van der Waals surface area contributed by atoms with Crippen molar-refractivity contribution >= 4 is 28.1 Å². The maximum absolute atomic E-state index is 3.45. The third kappa shape index (κ3) is 4.41. The number of allylic oxidation sites excluding steroid dienone is 4. The van der Waals surface area contributed by atoms with E-state index in [0.717, 1.165) is 11.3 Å². The van der Waals surface area contributed by atoms with Gasteiger partial charge in [0.05, 0.1) is 0 Å². The molecule has 0 aromatic heterocycles. The fourth-order valence-electron chi connectivity index (χ4n) is 5.33. The highest BCUT2D eigenvalue weighted by molar-refractivity contribution is 6.03. The van der Waals surface area contributed by atoms with E-state index in [2.05, 4.69) is 135 Å². The standard InChI is InChI=1S/C36H29N/c1-25-12-6-10-18-32(25)35-23-28-14-9-11-19-34(28)36(26(35)2)29-20-21-33-27(22-29)13-7-8-15-30(33)24-37-31-16-4-3-5-17-31/h3-24,37H,1-2H3/b30-24-. The Kier molecular flexibility index (Phi) is 6.04. The molecule has 178 valence electrons. The Balaban J connectivity index is 1.50. The van der Waals surface area contributed by atoms with Gasteiger partial charge in [-0.05, 0) is 99.0 Å². The Morgan fingerprint density at radius 3 is 2.24 bits per heavy atom. The minimum Gasteiger partial charge on any atom is -0.361 e. The number of aryl methyl sites for hydroxylation is 1. The van der Waals surface area contributed by atoms with Crippen molar-refractivity contribution in [2.45, 2.75) is 13.8 Å². The molecule has 1 aliphatic carbocycles. The molecule has 5 aromatic rings. The molecule has 0 atom stereocenters. The second-order valence-electron chi connectivity index (χ2n) is 9.59. The van der Waals surface area contributed by atoms with Crippen LogP contribution >= 0.6 is 0 Å². The highest BCUT2D eigenvalue weighted by Crippen LogP contribution is 2.40. The lowest BCUT2D eigenvalue weighted by Crippen LogP contribution is -1.95. The molecule has 0 saturated carbocycles. The highest BCUT2D eigenvalue weighted by atomic mass is 14.8. The van der Waals surface area contributed by atoms with E-state index in [1.807, 2.05) is 18.2 Å². The molecule has 0 radical (unpaired) electrons. The van der Waals surface area contributed by atoms with E-state index in [4.69, 9.17) is 0 Å². The molecule has 0 unspecified atom stereocenters. The Hall–Kier alpha value is -4.62. The van der Waals surface area contributed by atoms with Gasteiger partial charge in [-0.3, -0.25) is 0 Å². The van der Waals surface area contributed by atoms with Crippen molar-refractivity contribution < 1.29 is 0 Å². The molecule has 0 fully saturated rings. The Labute approximate surface area is 219 Å². The first-order chi connectivity index (χ1) is 18.2. The lowest BCUT2D eigenvalue weighted by molar-refractivity contribution is 1.42. The third-order valence-corrected chi connectivity index (χ3v) is 7.23. The van der Waals surface area contributed by atoms with Crippen LogP contribution in [0.25, 0.3) is 44.7 Å². The zero-order valence-corrected chi connectivity index (χ0v) is 21.2. The molecule has 1 N–H and O–H groups in total. The molecule has 37 heavy (non-hydrogen) atoms. The van der Waals surface area contributed by atoms with Gasteiger partial charge in [-0.15, -0.1) is 0 Å². The average Bonchev–Trinajstić information content (AvgIpc) is 3.14. The van der Waals surface area contributed by atoms with Gasteiger partial charge in [0.15, 0.2) is 0 Å². The van der Waals surface area contributed by atoms with Gasteiger partial charge in [-0.2, -0.15) is 0 Å². The predicted molar refractivity (Wildman–Crippen MR) is 161 cm³/mol. The molecular formula is C36H29N. The molecule has 1 nitrogen and oxygen atoms in total. The van der Waals surface area contributed by atoms with Crippen LogP contribution in [0, 0.1) is 13.8 Å². The Morgan fingerprint density at radius 1 is 0.622 bits per heavy atom. The first kappa shape index (κ1) is 22.8. The normalized spacial score (nSPS) is 13.5. The second-order valence-corrected chi connectivity index (χ2v) is 9.59. The van der Waals surface area contributed by atoms with Crippen molar-refractivity contribution in [2.24, 2.45) is 0 Å². The minimum atomic E-state index is 1.08. The summed E-state index contributed by atoms with van der Waals surface area (Å²) in [5.74, 6) is 0. The Morgan fingerprint density at radius 2 is 1.38 bits per heavy atom. The zero-order valence-electron chi connectivity index (χ0n) is 21.2. The van der Waals surface area contributed by atoms with E-state index in [9.17, 15) is 0 Å². The molecule has 1 heteroatoms. The van der Waals surface area contributed by atoms with E-state index >= 15 is 0 Å². The summed E-state index contributed by atoms with van der Waals surface area (Å²) in [5.41, 5.74) is 12.4. The smallest absolute Gasteiger partial charge is 0.0379 e. The molecule has 6 rings (SSSR count). The quantitative estimate of drug-likeness (QED) is 0.273. The maximum Gasteiger partial charge on any atom is 0.0379 e. The van der Waals surface area contributed by atoms with Crippen molar-refractivity contribution in [3.63, 3.8) is 0 Å². The monoisotopic (exact) mass is 475 g/mol. The van der Waals surface area contributed by atoms with E-state index in [0.29, 0.717) is 0 Å². The number of rotatable bonds is 4. The number of benzene rings is 5. The van der Waals surface area contributed by atoms with Crippen molar-refractivity contribution in [2.75, 3.05) is 5.32 Å². The van der Waals surface area contributed by atoms with Crippen LogP contribution in [0.15, 0.2) is 128 Å². The molecule has 0 aliphatic heterocycles. The van der Waals surface area contributed by atoms with Gasteiger partial charge in [-0.1, -0.05) is 103 Å². The van der Waals surface area contributed by atoms with Gasteiger partial charge in [0.25, 0.3) is 0 Å². The van der Waals surface area contributed by atoms with Crippen LogP contribution in [0.1, 0.15) is 22.3 Å². The van der Waals surface area contributed by atoms with Gasteiger partial charge in [0, 0.05) is 11.9 Å². The number of hydrogen-bond acceptors (Lipinski definition) is 1. The SMILES string of the molecule is Cc1ccccc1-c1cc2ccccc2c(-c2ccc3c(c2)C=CC=C/C3=C/Nc2ccccc2)c1C. The van der Waals surface area contributed by atoms with Crippen molar-refractivity contribution in [1.29, 1.82) is 0 Å². The molecule has 5 aromatic carbocycles. The fraction of sp³-hybridized carbons (Fsp3) is 0.0556. The Bertz CT molecular complexity index is 1700. The summed E-state index contributed by atoms with van der Waals surface area (Å²) < 4.78 is 0. The van der Waals surface area contributed by atoms with Crippen LogP contribution in [-0.4, -0.2) is 0 Å². The van der Waals surface area contributed by atoms with Crippen LogP contribution in [0.4, 0.5) is 5.69 Å². The van der Waals surface area contributed by atoms with Crippen molar-refractivity contribution in [3.8, 4) is 22.3 Å². The third-order valence-electron chi connectivity index (χ3n) is 7.23. The number of anilines is 1. The summed E-state index contributed by atoms with van der Waals surface area (Å²) in [6, 6.07) is 36.9. The van der Waals surface area contributed by atoms with Gasteiger partial charge in [0.1, 0.15) is 0 Å². The maximum atomic E-state index is 3.45. The van der Waals surface area contributed by atoms with Crippen molar-refractivity contribution in [1.82, 2.24) is 0 Å². The molecule has 0 amide bonds. The fourth-order valence-corrected chi connectivity index (χ4v) is 5.33. The first-order valence-corrected chi connectivity index (χ1v) is 12.8. The van der Waals surface area contributed by atoms with Crippen LogP contribution < -0.4 is 5.32 Å². The summed E-state index contributed by atoms with van der Waals surface area (Å²) >= 11 is 0. The summed E-state index contributed by atoms with van der Waals surface area (Å²) in [6.45, 7) is 4.46. The summed E-state index contributed by atoms with van der Waals surface area (Å²) in [6.07, 6.45) is 10.7. The predicted octanol–water partition coefficient (Wildman–Crippen LogP) is 9.83. The first-order valence-electron chi connectivity index (χ1n) is 12.8. The number of nitrogens with one attached hydrogen (secondary N) is 1.